The van der Waals surface area contributed by atoms with Gasteiger partial charge in [0.15, 0.2) is 0 Å². The minimum absolute atomic E-state index is 0.271. The zero-order valence-electron chi connectivity index (χ0n) is 11.6. The number of ether oxygens (including phenoxy) is 1. The van der Waals surface area contributed by atoms with E-state index in [0.717, 1.165) is 6.42 Å². The highest BCUT2D eigenvalue weighted by molar-refractivity contribution is 5.05. The van der Waals surface area contributed by atoms with Gasteiger partial charge in [0, 0.05) is 23.1 Å². The van der Waals surface area contributed by atoms with Crippen LogP contribution < -0.4 is 11.2 Å². The van der Waals surface area contributed by atoms with Crippen molar-refractivity contribution < 1.29 is 9.84 Å². The lowest BCUT2D eigenvalue weighted by molar-refractivity contribution is -0.0271. The van der Waals surface area contributed by atoms with Crippen molar-refractivity contribution in [2.45, 2.75) is 44.6 Å². The van der Waals surface area contributed by atoms with Crippen LogP contribution in [-0.2, 0) is 11.2 Å². The number of aromatic amines is 1. The SMILES string of the molecule is CCCc1cn([C@@H]2CC(N=[N+]=[N-])[C@H](CO)O2)c(=O)[nH]c1=O. The molecular weight excluding hydrogens is 278 g/mol. The van der Waals surface area contributed by atoms with E-state index in [9.17, 15) is 14.7 Å². The summed E-state index contributed by atoms with van der Waals surface area (Å²) in [4.78, 5) is 28.5. The molecule has 1 unspecified atom stereocenters. The fourth-order valence-corrected chi connectivity index (χ4v) is 2.43. The second kappa shape index (κ2) is 6.57. The van der Waals surface area contributed by atoms with Crippen LogP contribution in [0.5, 0.6) is 0 Å². The third-order valence-electron chi connectivity index (χ3n) is 3.46. The number of aliphatic hydroxyl groups excluding tert-OH is 1. The number of azide groups is 1. The van der Waals surface area contributed by atoms with Gasteiger partial charge in [0.05, 0.1) is 18.8 Å². The highest BCUT2D eigenvalue weighted by Crippen LogP contribution is 2.29. The molecule has 1 aliphatic heterocycles. The van der Waals surface area contributed by atoms with Gasteiger partial charge in [-0.15, -0.1) is 0 Å². The molecule has 114 valence electrons. The first-order chi connectivity index (χ1) is 10.1. The van der Waals surface area contributed by atoms with E-state index in [1.165, 1.54) is 10.8 Å². The summed E-state index contributed by atoms with van der Waals surface area (Å²) in [5, 5.41) is 12.8. The number of rotatable bonds is 5. The summed E-state index contributed by atoms with van der Waals surface area (Å²) in [6, 6.07) is -0.543. The smallest absolute Gasteiger partial charge is 0.330 e. The number of nitrogens with zero attached hydrogens (tertiary/aromatic N) is 4. The number of H-pyrrole nitrogens is 1. The molecule has 0 saturated carbocycles. The maximum absolute atomic E-state index is 11.9. The van der Waals surface area contributed by atoms with Crippen LogP contribution in [0.1, 0.15) is 31.6 Å². The van der Waals surface area contributed by atoms with E-state index in [1.54, 1.807) is 0 Å². The van der Waals surface area contributed by atoms with Crippen molar-refractivity contribution in [3.05, 3.63) is 43.0 Å². The Hall–Kier alpha value is -2.09. The fourth-order valence-electron chi connectivity index (χ4n) is 2.43. The first-order valence-corrected chi connectivity index (χ1v) is 6.75. The number of aliphatic hydroxyl groups is 1. The van der Waals surface area contributed by atoms with Gasteiger partial charge in [-0.05, 0) is 12.0 Å². The summed E-state index contributed by atoms with van der Waals surface area (Å²) >= 11 is 0. The van der Waals surface area contributed by atoms with Crippen LogP contribution in [0.25, 0.3) is 10.4 Å². The average molecular weight is 295 g/mol. The number of aromatic nitrogens is 2. The maximum Gasteiger partial charge on any atom is 0.330 e. The second-order valence-electron chi connectivity index (χ2n) is 4.89. The average Bonchev–Trinajstić information content (AvgIpc) is 2.85. The van der Waals surface area contributed by atoms with Crippen molar-refractivity contribution in [2.75, 3.05) is 6.61 Å². The normalized spacial score (nSPS) is 24.8. The minimum atomic E-state index is -0.669. The molecule has 0 spiro atoms. The lowest BCUT2D eigenvalue weighted by Gasteiger charge is -2.15. The highest BCUT2D eigenvalue weighted by atomic mass is 16.5. The Morgan fingerprint density at radius 2 is 2.38 bits per heavy atom. The molecule has 2 heterocycles. The van der Waals surface area contributed by atoms with Gasteiger partial charge in [0.25, 0.3) is 5.56 Å². The molecule has 0 bridgehead atoms. The van der Waals surface area contributed by atoms with Crippen molar-refractivity contribution in [1.82, 2.24) is 9.55 Å². The Balaban J connectivity index is 2.34. The van der Waals surface area contributed by atoms with Gasteiger partial charge in [-0.2, -0.15) is 0 Å². The van der Waals surface area contributed by atoms with Crippen molar-refractivity contribution in [2.24, 2.45) is 5.11 Å². The molecule has 2 N–H and O–H groups in total. The Morgan fingerprint density at radius 1 is 1.62 bits per heavy atom. The van der Waals surface area contributed by atoms with Gasteiger partial charge in [-0.25, -0.2) is 4.79 Å². The molecule has 9 heteroatoms. The van der Waals surface area contributed by atoms with Crippen LogP contribution in [0, 0.1) is 0 Å². The molecule has 0 aliphatic carbocycles. The van der Waals surface area contributed by atoms with Gasteiger partial charge >= 0.3 is 5.69 Å². The first-order valence-electron chi connectivity index (χ1n) is 6.75. The van der Waals surface area contributed by atoms with E-state index in [1.807, 2.05) is 6.92 Å². The summed E-state index contributed by atoms with van der Waals surface area (Å²) in [6.45, 7) is 1.63. The van der Waals surface area contributed by atoms with Crippen LogP contribution in [0.3, 0.4) is 0 Å². The summed E-state index contributed by atoms with van der Waals surface area (Å²) in [5.74, 6) is 0. The molecule has 1 aromatic heterocycles. The van der Waals surface area contributed by atoms with Gasteiger partial charge in [-0.3, -0.25) is 14.3 Å². The summed E-state index contributed by atoms with van der Waals surface area (Å²) < 4.78 is 6.82. The zero-order valence-corrected chi connectivity index (χ0v) is 11.6. The van der Waals surface area contributed by atoms with Crippen molar-refractivity contribution in [3.8, 4) is 0 Å². The van der Waals surface area contributed by atoms with Crippen LogP contribution in [0.15, 0.2) is 20.9 Å². The highest BCUT2D eigenvalue weighted by Gasteiger charge is 2.35. The van der Waals surface area contributed by atoms with Gasteiger partial charge < -0.3 is 9.84 Å². The summed E-state index contributed by atoms with van der Waals surface area (Å²) in [7, 11) is 0. The molecule has 0 amide bonds. The Bertz CT molecular complexity index is 660. The number of nitrogens with one attached hydrogen (secondary N) is 1. The van der Waals surface area contributed by atoms with E-state index in [0.29, 0.717) is 12.0 Å². The molecule has 3 atom stereocenters. The van der Waals surface area contributed by atoms with Crippen molar-refractivity contribution in [3.63, 3.8) is 0 Å². The predicted octanol–water partition coefficient (Wildman–Crippen LogP) is 0.448. The molecule has 21 heavy (non-hydrogen) atoms. The van der Waals surface area contributed by atoms with Gasteiger partial charge in [-0.1, -0.05) is 18.5 Å². The van der Waals surface area contributed by atoms with E-state index in [2.05, 4.69) is 15.0 Å². The number of hydrogen-bond donors (Lipinski definition) is 2. The Kier molecular flexibility index (Phi) is 4.79. The van der Waals surface area contributed by atoms with Crippen molar-refractivity contribution >= 4 is 0 Å². The largest absolute Gasteiger partial charge is 0.394 e. The topological polar surface area (TPSA) is 133 Å². The first kappa shape index (κ1) is 15.3. The molecule has 0 radical (unpaired) electrons. The molecule has 9 nitrogen and oxygen atoms in total. The Morgan fingerprint density at radius 3 is 3.00 bits per heavy atom. The monoisotopic (exact) mass is 295 g/mol. The minimum Gasteiger partial charge on any atom is -0.394 e. The number of aryl methyl sites for hydroxylation is 1. The van der Waals surface area contributed by atoms with Crippen LogP contribution in [0.2, 0.25) is 0 Å². The van der Waals surface area contributed by atoms with E-state index in [-0.39, 0.29) is 13.0 Å². The summed E-state index contributed by atoms with van der Waals surface area (Å²) in [6.07, 6.45) is 1.74. The third-order valence-corrected chi connectivity index (χ3v) is 3.46. The second-order valence-corrected chi connectivity index (χ2v) is 4.89. The van der Waals surface area contributed by atoms with Gasteiger partial charge in [0.2, 0.25) is 0 Å². The molecule has 1 aromatic rings. The lowest BCUT2D eigenvalue weighted by atomic mass is 10.1. The molecule has 2 rings (SSSR count). The molecule has 1 fully saturated rings. The van der Waals surface area contributed by atoms with E-state index >= 15 is 0 Å². The van der Waals surface area contributed by atoms with Gasteiger partial charge in [0.1, 0.15) is 6.23 Å². The third kappa shape index (κ3) is 3.15. The predicted molar refractivity (Wildman–Crippen MR) is 73.9 cm³/mol. The van der Waals surface area contributed by atoms with Crippen LogP contribution in [0.4, 0.5) is 0 Å². The van der Waals surface area contributed by atoms with E-state index in [4.69, 9.17) is 10.3 Å². The fraction of sp³-hybridized carbons (Fsp3) is 0.667. The molecule has 1 aliphatic rings. The Labute approximate surface area is 119 Å². The molecule has 0 aromatic carbocycles. The van der Waals surface area contributed by atoms with E-state index < -0.39 is 29.6 Å². The maximum atomic E-state index is 11.9. The molecular formula is C12H17N5O4. The van der Waals surface area contributed by atoms with Crippen LogP contribution in [-0.4, -0.2) is 33.4 Å². The lowest BCUT2D eigenvalue weighted by Crippen LogP contribution is -2.34. The van der Waals surface area contributed by atoms with Crippen molar-refractivity contribution in [1.29, 1.82) is 0 Å². The molecule has 1 saturated heterocycles. The zero-order chi connectivity index (χ0) is 15.4. The quantitative estimate of drug-likeness (QED) is 0.463. The number of hydrogen-bond acceptors (Lipinski definition) is 5. The standard InChI is InChI=1S/C12H17N5O4/c1-2-3-7-5-17(12(20)14-11(7)19)10-4-8(15-16-13)9(6-18)21-10/h5,8-10,18H,2-4,6H2,1H3,(H,14,19,20)/t8?,9-,10-/m0/s1. The van der Waals surface area contributed by atoms with Crippen LogP contribution >= 0.6 is 0 Å². The summed E-state index contributed by atoms with van der Waals surface area (Å²) in [5.41, 5.74) is 8.02.